The molecule has 0 bridgehead atoms. The number of amides is 1. The maximum Gasteiger partial charge on any atom is 0.240 e. The molecule has 0 radical (unpaired) electrons. The molecule has 6 heteroatoms. The van der Waals surface area contributed by atoms with Gasteiger partial charge in [0.25, 0.3) is 0 Å². The molecule has 5 nitrogen and oxygen atoms in total. The van der Waals surface area contributed by atoms with E-state index in [1.165, 1.54) is 0 Å². The molecule has 0 saturated carbocycles. The Morgan fingerprint density at radius 1 is 1.78 bits per heavy atom. The van der Waals surface area contributed by atoms with Crippen LogP contribution < -0.4 is 10.6 Å². The van der Waals surface area contributed by atoms with Crippen molar-refractivity contribution in [3.05, 3.63) is 16.1 Å². The number of aromatic nitrogens is 1. The van der Waals surface area contributed by atoms with Crippen LogP contribution in [0.25, 0.3) is 0 Å². The molecule has 1 amide bonds. The van der Waals surface area contributed by atoms with E-state index in [0.29, 0.717) is 13.2 Å². The first-order valence-electron chi connectivity index (χ1n) is 6.24. The maximum absolute atomic E-state index is 12.1. The summed E-state index contributed by atoms with van der Waals surface area (Å²) in [6.45, 7) is 5.86. The fourth-order valence-electron chi connectivity index (χ4n) is 1.88. The van der Waals surface area contributed by atoms with E-state index in [-0.39, 0.29) is 18.0 Å². The molecule has 1 aliphatic heterocycles. The van der Waals surface area contributed by atoms with E-state index in [1.54, 1.807) is 11.3 Å². The summed E-state index contributed by atoms with van der Waals surface area (Å²) < 4.78 is 5.29. The van der Waals surface area contributed by atoms with Crippen molar-refractivity contribution in [2.45, 2.75) is 32.4 Å². The fourth-order valence-corrected chi connectivity index (χ4v) is 2.81. The van der Waals surface area contributed by atoms with Crippen molar-refractivity contribution in [3.63, 3.8) is 0 Å². The SMILES string of the molecule is CCC(NC(=O)C1COCCN1)c1nc(C)cs1. The van der Waals surface area contributed by atoms with Gasteiger partial charge in [-0.2, -0.15) is 0 Å². The van der Waals surface area contributed by atoms with E-state index < -0.39 is 0 Å². The van der Waals surface area contributed by atoms with Crippen LogP contribution in [0.4, 0.5) is 0 Å². The molecule has 0 aromatic carbocycles. The minimum Gasteiger partial charge on any atom is -0.378 e. The number of morpholine rings is 1. The van der Waals surface area contributed by atoms with Gasteiger partial charge in [-0.25, -0.2) is 4.98 Å². The third-order valence-corrected chi connectivity index (χ3v) is 3.97. The normalized spacial score (nSPS) is 21.6. The summed E-state index contributed by atoms with van der Waals surface area (Å²) in [5.74, 6) is -0.00518. The van der Waals surface area contributed by atoms with E-state index in [0.717, 1.165) is 23.7 Å². The lowest BCUT2D eigenvalue weighted by Gasteiger charge is -2.25. The lowest BCUT2D eigenvalue weighted by Crippen LogP contribution is -2.51. The van der Waals surface area contributed by atoms with Gasteiger partial charge in [-0.3, -0.25) is 4.79 Å². The molecule has 2 atom stereocenters. The molecule has 0 spiro atoms. The number of rotatable bonds is 4. The second kappa shape index (κ2) is 6.26. The zero-order valence-corrected chi connectivity index (χ0v) is 11.5. The number of hydrogen-bond donors (Lipinski definition) is 2. The lowest BCUT2D eigenvalue weighted by molar-refractivity contribution is -0.126. The number of carbonyl (C=O) groups excluding carboxylic acids is 1. The highest BCUT2D eigenvalue weighted by atomic mass is 32.1. The van der Waals surface area contributed by atoms with Crippen molar-refractivity contribution in [2.24, 2.45) is 0 Å². The van der Waals surface area contributed by atoms with Gasteiger partial charge in [0, 0.05) is 17.6 Å². The summed E-state index contributed by atoms with van der Waals surface area (Å²) in [5, 5.41) is 9.16. The van der Waals surface area contributed by atoms with E-state index in [4.69, 9.17) is 4.74 Å². The summed E-state index contributed by atoms with van der Waals surface area (Å²) in [5.41, 5.74) is 1.00. The van der Waals surface area contributed by atoms with Crippen LogP contribution in [0.1, 0.15) is 30.1 Å². The quantitative estimate of drug-likeness (QED) is 0.856. The highest BCUT2D eigenvalue weighted by Gasteiger charge is 2.24. The predicted molar refractivity (Wildman–Crippen MR) is 70.6 cm³/mol. The number of carbonyl (C=O) groups is 1. The van der Waals surface area contributed by atoms with Crippen molar-refractivity contribution in [3.8, 4) is 0 Å². The molecule has 0 aliphatic carbocycles. The van der Waals surface area contributed by atoms with Crippen molar-refractivity contribution < 1.29 is 9.53 Å². The standard InChI is InChI=1S/C12H19N3O2S/c1-3-9(12-14-8(2)7-18-12)15-11(16)10-6-17-5-4-13-10/h7,9-10,13H,3-6H2,1-2H3,(H,15,16). The number of nitrogens with one attached hydrogen (secondary N) is 2. The Kier molecular flexibility index (Phi) is 4.68. The average molecular weight is 269 g/mol. The van der Waals surface area contributed by atoms with Gasteiger partial charge in [0.15, 0.2) is 0 Å². The highest BCUT2D eigenvalue weighted by molar-refractivity contribution is 7.09. The third-order valence-electron chi connectivity index (χ3n) is 2.90. The molecular formula is C12H19N3O2S. The molecule has 1 saturated heterocycles. The summed E-state index contributed by atoms with van der Waals surface area (Å²) in [6, 6.07) is -0.242. The van der Waals surface area contributed by atoms with Gasteiger partial charge in [-0.1, -0.05) is 6.92 Å². The summed E-state index contributed by atoms with van der Waals surface area (Å²) in [6.07, 6.45) is 0.840. The van der Waals surface area contributed by atoms with Crippen LogP contribution >= 0.6 is 11.3 Å². The first kappa shape index (κ1) is 13.5. The van der Waals surface area contributed by atoms with Gasteiger partial charge in [0.2, 0.25) is 5.91 Å². The van der Waals surface area contributed by atoms with E-state index in [9.17, 15) is 4.79 Å². The Hall–Kier alpha value is -0.980. The van der Waals surface area contributed by atoms with Crippen LogP contribution in [-0.4, -0.2) is 36.7 Å². The Bertz CT molecular complexity index is 402. The van der Waals surface area contributed by atoms with E-state index >= 15 is 0 Å². The zero-order valence-electron chi connectivity index (χ0n) is 10.7. The minimum atomic E-state index is -0.242. The second-order valence-electron chi connectivity index (χ2n) is 4.38. The zero-order chi connectivity index (χ0) is 13.0. The number of ether oxygens (including phenoxy) is 1. The first-order chi connectivity index (χ1) is 8.70. The van der Waals surface area contributed by atoms with Crippen LogP contribution in [0.5, 0.6) is 0 Å². The predicted octanol–water partition coefficient (Wildman–Crippen LogP) is 1.01. The van der Waals surface area contributed by atoms with E-state index in [1.807, 2.05) is 19.2 Å². The fraction of sp³-hybridized carbons (Fsp3) is 0.667. The molecule has 2 rings (SSSR count). The average Bonchev–Trinajstić information content (AvgIpc) is 2.83. The summed E-state index contributed by atoms with van der Waals surface area (Å²) in [7, 11) is 0. The van der Waals surface area contributed by atoms with Crippen molar-refractivity contribution in [2.75, 3.05) is 19.8 Å². The van der Waals surface area contributed by atoms with Crippen LogP contribution in [0.2, 0.25) is 0 Å². The number of hydrogen-bond acceptors (Lipinski definition) is 5. The molecule has 2 unspecified atom stereocenters. The van der Waals surface area contributed by atoms with Gasteiger partial charge in [0.1, 0.15) is 11.0 Å². The Balaban J connectivity index is 1.95. The van der Waals surface area contributed by atoms with Crippen LogP contribution in [0.3, 0.4) is 0 Å². The largest absolute Gasteiger partial charge is 0.378 e. The van der Waals surface area contributed by atoms with Crippen molar-refractivity contribution >= 4 is 17.2 Å². The first-order valence-corrected chi connectivity index (χ1v) is 7.12. The van der Waals surface area contributed by atoms with E-state index in [2.05, 4.69) is 15.6 Å². The smallest absolute Gasteiger partial charge is 0.240 e. The highest BCUT2D eigenvalue weighted by Crippen LogP contribution is 2.20. The number of aryl methyl sites for hydroxylation is 1. The molecule has 18 heavy (non-hydrogen) atoms. The van der Waals surface area contributed by atoms with Gasteiger partial charge in [-0.05, 0) is 13.3 Å². The monoisotopic (exact) mass is 269 g/mol. The van der Waals surface area contributed by atoms with Gasteiger partial charge >= 0.3 is 0 Å². The minimum absolute atomic E-state index is 0.0000680. The van der Waals surface area contributed by atoms with Gasteiger partial charge in [-0.15, -0.1) is 11.3 Å². The molecule has 2 heterocycles. The number of nitrogens with zero attached hydrogens (tertiary/aromatic N) is 1. The molecule has 1 fully saturated rings. The summed E-state index contributed by atoms with van der Waals surface area (Å²) in [4.78, 5) is 16.5. The third kappa shape index (κ3) is 3.28. The topological polar surface area (TPSA) is 63.2 Å². The van der Waals surface area contributed by atoms with Crippen LogP contribution in [0, 0.1) is 6.92 Å². The number of thiazole rings is 1. The van der Waals surface area contributed by atoms with Crippen molar-refractivity contribution in [1.29, 1.82) is 0 Å². The second-order valence-corrected chi connectivity index (χ2v) is 5.27. The van der Waals surface area contributed by atoms with Crippen LogP contribution in [-0.2, 0) is 9.53 Å². The Morgan fingerprint density at radius 3 is 3.17 bits per heavy atom. The molecule has 1 aliphatic rings. The van der Waals surface area contributed by atoms with Crippen LogP contribution in [0.15, 0.2) is 5.38 Å². The molecule has 1 aromatic rings. The molecule has 100 valence electrons. The maximum atomic E-state index is 12.1. The summed E-state index contributed by atoms with van der Waals surface area (Å²) >= 11 is 1.59. The Labute approximate surface area is 111 Å². The lowest BCUT2D eigenvalue weighted by atomic mass is 10.2. The van der Waals surface area contributed by atoms with Gasteiger partial charge < -0.3 is 15.4 Å². The molecule has 2 N–H and O–H groups in total. The van der Waals surface area contributed by atoms with Crippen molar-refractivity contribution in [1.82, 2.24) is 15.6 Å². The molecule has 1 aromatic heterocycles. The Morgan fingerprint density at radius 2 is 2.61 bits per heavy atom. The van der Waals surface area contributed by atoms with Gasteiger partial charge in [0.05, 0.1) is 19.3 Å². The molecular weight excluding hydrogens is 250 g/mol.